The molecule has 2 bridgehead atoms. The maximum Gasteiger partial charge on any atom is 0.410 e. The van der Waals surface area contributed by atoms with E-state index in [2.05, 4.69) is 20.9 Å². The Kier molecular flexibility index (Phi) is 13.3. The SMILES string of the molecule is CC[C@]1(O)C[C@@H]2CN(CCc3c([nH]c4ccccc34)[C@@](C(=O)OC)(c3cc4c(cc3CO)N(C)C3C45CCN4CC=C[C@](CC)(C45)[C@@H](OC(=O)C4CCCN4C(=O)CN(C)C(=O)OC(C)C)[C@]3(O)C(=O)OC)C2)C1. The number of hydrogen-bond donors (Lipinski definition) is 4. The number of benzene rings is 2. The molecule has 11 atom stereocenters. The van der Waals surface area contributed by atoms with E-state index in [9.17, 15) is 29.7 Å². The van der Waals surface area contributed by atoms with Gasteiger partial charge in [0.1, 0.15) is 18.0 Å². The van der Waals surface area contributed by atoms with Gasteiger partial charge in [0.15, 0.2) is 6.10 Å². The first-order valence-corrected chi connectivity index (χ1v) is 26.6. The number of anilines is 1. The Hall–Kier alpha value is -5.53. The number of nitrogens with one attached hydrogen (secondary N) is 1. The molecule has 18 heteroatoms. The van der Waals surface area contributed by atoms with Crippen LogP contribution in [0.15, 0.2) is 48.6 Å². The fourth-order valence-electron chi connectivity index (χ4n) is 15.6. The fourth-order valence-corrected chi connectivity index (χ4v) is 15.6. The second-order valence-electron chi connectivity index (χ2n) is 22.7. The van der Waals surface area contributed by atoms with Crippen LogP contribution in [0.3, 0.4) is 0 Å². The molecule has 10 rings (SSSR count). The molecular weight excluding hydrogens is 949 g/mol. The average molecular weight is 1020 g/mol. The number of aliphatic hydroxyl groups excluding tert-OH is 1. The zero-order valence-corrected chi connectivity index (χ0v) is 44.1. The number of nitrogens with zero attached hydrogens (tertiary/aromatic N) is 5. The number of esters is 3. The van der Waals surface area contributed by atoms with Gasteiger partial charge in [-0.1, -0.05) is 50.3 Å². The Morgan fingerprint density at radius 1 is 0.946 bits per heavy atom. The minimum Gasteiger partial charge on any atom is -0.468 e. The highest BCUT2D eigenvalue weighted by molar-refractivity contribution is 5.95. The largest absolute Gasteiger partial charge is 0.468 e. The van der Waals surface area contributed by atoms with Crippen LogP contribution in [0, 0.1) is 11.3 Å². The Balaban J connectivity index is 1.14. The van der Waals surface area contributed by atoms with E-state index in [1.165, 1.54) is 26.2 Å². The van der Waals surface area contributed by atoms with Crippen LogP contribution in [0.25, 0.3) is 10.9 Å². The number of carbonyl (C=O) groups is 5. The lowest BCUT2D eigenvalue weighted by Gasteiger charge is -2.63. The van der Waals surface area contributed by atoms with Crippen LogP contribution in [0.2, 0.25) is 0 Å². The number of aromatic nitrogens is 1. The number of amides is 2. The van der Waals surface area contributed by atoms with Crippen molar-refractivity contribution in [3.8, 4) is 0 Å². The number of hydrogen-bond acceptors (Lipinski definition) is 15. The lowest BCUT2D eigenvalue weighted by atomic mass is 9.47. The van der Waals surface area contributed by atoms with Crippen molar-refractivity contribution in [2.75, 3.05) is 79.0 Å². The molecule has 1 aliphatic carbocycles. The third-order valence-corrected chi connectivity index (χ3v) is 18.5. The molecule has 2 aromatic carbocycles. The molecule has 74 heavy (non-hydrogen) atoms. The third-order valence-electron chi connectivity index (χ3n) is 18.5. The first kappa shape index (κ1) is 51.9. The maximum atomic E-state index is 15.5. The molecule has 18 nitrogen and oxygen atoms in total. The van der Waals surface area contributed by atoms with Gasteiger partial charge in [0, 0.05) is 86.0 Å². The molecule has 5 unspecified atom stereocenters. The smallest absolute Gasteiger partial charge is 0.410 e. The van der Waals surface area contributed by atoms with Crippen LogP contribution < -0.4 is 4.90 Å². The number of para-hydroxylation sites is 1. The number of likely N-dealkylation sites (tertiary alicyclic amines) is 1. The van der Waals surface area contributed by atoms with Gasteiger partial charge in [0.05, 0.1) is 38.6 Å². The number of carbonyl (C=O) groups excluding carboxylic acids is 5. The number of piperidine rings is 1. The van der Waals surface area contributed by atoms with E-state index in [-0.39, 0.29) is 31.8 Å². The number of rotatable bonds is 11. The standard InChI is InChI=1S/C56H74N6O12/c1-9-52(69)27-34-28-55(49(66)71-7,44-37(18-23-60(29-34)32-52)36-15-11-12-16-40(36)57-44)38-26-39-42(25-35(38)31-63)59(6)47-54(39)20-24-61-21-14-19-53(10-2,46(54)61)48(56(47,70)50(67)72-8)74-45(65)41-17-13-22-62(41)43(64)30-58(5)51(68)73-33(3)4/h11-12,14-16,19,25-26,33-34,41,46-48,57,63,69-70H,9-10,13,17-18,20-24,27-32H2,1-8H3/t34-,41?,46?,47?,48+,52-,53+,54?,55-,56-/m0/s1. The van der Waals surface area contributed by atoms with Crippen LogP contribution >= 0.6 is 0 Å². The van der Waals surface area contributed by atoms with Crippen molar-refractivity contribution < 1.29 is 58.2 Å². The van der Waals surface area contributed by atoms with Crippen molar-refractivity contribution in [1.29, 1.82) is 0 Å². The third kappa shape index (κ3) is 7.53. The van der Waals surface area contributed by atoms with E-state index in [1.807, 2.05) is 61.2 Å². The number of ether oxygens (including phenoxy) is 4. The molecule has 1 spiro atoms. The topological polar surface area (TPSA) is 215 Å². The van der Waals surface area contributed by atoms with Crippen LogP contribution in [0.5, 0.6) is 0 Å². The summed E-state index contributed by atoms with van der Waals surface area (Å²) in [5, 5.41) is 38.7. The van der Waals surface area contributed by atoms with Crippen molar-refractivity contribution in [3.63, 3.8) is 0 Å². The van der Waals surface area contributed by atoms with E-state index in [0.717, 1.165) is 26.9 Å². The van der Waals surface area contributed by atoms with E-state index >= 15 is 9.59 Å². The molecule has 3 saturated heterocycles. The number of H-pyrrole nitrogens is 1. The van der Waals surface area contributed by atoms with Gasteiger partial charge in [-0.15, -0.1) is 0 Å². The molecule has 7 heterocycles. The number of methoxy groups -OCH3 is 2. The molecule has 1 saturated carbocycles. The molecule has 400 valence electrons. The van der Waals surface area contributed by atoms with E-state index in [1.54, 1.807) is 20.9 Å². The first-order chi connectivity index (χ1) is 35.3. The molecule has 2 amide bonds. The summed E-state index contributed by atoms with van der Waals surface area (Å²) in [6, 6.07) is 9.27. The summed E-state index contributed by atoms with van der Waals surface area (Å²) < 4.78 is 23.6. The van der Waals surface area contributed by atoms with Gasteiger partial charge in [0.2, 0.25) is 11.5 Å². The fraction of sp³-hybridized carbons (Fsp3) is 0.625. The average Bonchev–Trinajstić information content (AvgIpc) is 4.29. The highest BCUT2D eigenvalue weighted by atomic mass is 16.6. The summed E-state index contributed by atoms with van der Waals surface area (Å²) in [6.07, 6.45) is 4.73. The predicted molar refractivity (Wildman–Crippen MR) is 273 cm³/mol. The van der Waals surface area contributed by atoms with E-state index < -0.39 is 94.3 Å². The summed E-state index contributed by atoms with van der Waals surface area (Å²) >= 11 is 0. The number of aromatic amines is 1. The van der Waals surface area contributed by atoms with Crippen molar-refractivity contribution in [1.82, 2.24) is 24.6 Å². The zero-order valence-electron chi connectivity index (χ0n) is 44.1. The van der Waals surface area contributed by atoms with Crippen LogP contribution in [-0.2, 0) is 62.0 Å². The van der Waals surface area contributed by atoms with E-state index in [4.69, 9.17) is 18.9 Å². The van der Waals surface area contributed by atoms with Crippen LogP contribution in [-0.4, -0.2) is 185 Å². The summed E-state index contributed by atoms with van der Waals surface area (Å²) in [5.41, 5.74) is -2.47. The first-order valence-electron chi connectivity index (χ1n) is 26.6. The second kappa shape index (κ2) is 18.9. The highest BCUT2D eigenvalue weighted by Gasteiger charge is 2.80. The maximum absolute atomic E-state index is 15.5. The normalized spacial score (nSPS) is 33.9. The Labute approximate surface area is 432 Å². The van der Waals surface area contributed by atoms with Crippen molar-refractivity contribution in [2.45, 2.75) is 138 Å². The van der Waals surface area contributed by atoms with Gasteiger partial charge in [-0.25, -0.2) is 14.4 Å². The monoisotopic (exact) mass is 1020 g/mol. The molecule has 1 aromatic heterocycles. The van der Waals surface area contributed by atoms with Gasteiger partial charge >= 0.3 is 24.0 Å². The minimum atomic E-state index is -2.53. The summed E-state index contributed by atoms with van der Waals surface area (Å²) in [6.45, 7) is 9.70. The van der Waals surface area contributed by atoms with Crippen LogP contribution in [0.1, 0.15) is 101 Å². The molecule has 4 N–H and O–H groups in total. The van der Waals surface area contributed by atoms with Gasteiger partial charge in [0.25, 0.3) is 0 Å². The van der Waals surface area contributed by atoms with Crippen molar-refractivity contribution >= 4 is 46.5 Å². The predicted octanol–water partition coefficient (Wildman–Crippen LogP) is 3.92. The van der Waals surface area contributed by atoms with E-state index in [0.29, 0.717) is 93.8 Å². The summed E-state index contributed by atoms with van der Waals surface area (Å²) in [5.74, 6) is -2.95. The van der Waals surface area contributed by atoms with Crippen molar-refractivity contribution in [3.05, 3.63) is 76.5 Å². The molecule has 7 aliphatic rings. The van der Waals surface area contributed by atoms with Gasteiger partial charge < -0.3 is 54.0 Å². The summed E-state index contributed by atoms with van der Waals surface area (Å²) in [4.78, 5) is 85.0. The molecule has 3 aromatic rings. The molecule has 4 fully saturated rings. The molecule has 6 aliphatic heterocycles. The van der Waals surface area contributed by atoms with Crippen LogP contribution in [0.4, 0.5) is 10.5 Å². The Bertz CT molecular complexity index is 2780. The Morgan fingerprint density at radius 3 is 2.41 bits per heavy atom. The van der Waals surface area contributed by atoms with Gasteiger partial charge in [-0.2, -0.15) is 0 Å². The summed E-state index contributed by atoms with van der Waals surface area (Å²) in [7, 11) is 5.86. The van der Waals surface area contributed by atoms with Gasteiger partial charge in [-0.05, 0) is 112 Å². The highest BCUT2D eigenvalue weighted by Crippen LogP contribution is 2.68. The Morgan fingerprint density at radius 2 is 1.70 bits per heavy atom. The second-order valence-corrected chi connectivity index (χ2v) is 22.7. The molecular formula is C56H74N6O12. The lowest BCUT2D eigenvalue weighted by Crippen LogP contribution is -2.81. The number of fused-ring (bicyclic) bond motifs is 6. The quantitative estimate of drug-likeness (QED) is 0.122. The minimum absolute atomic E-state index is 0.181. The van der Waals surface area contributed by atoms with Gasteiger partial charge in [-0.3, -0.25) is 19.4 Å². The number of aliphatic hydroxyl groups is 3. The lowest BCUT2D eigenvalue weighted by molar-refractivity contribution is -0.231. The van der Waals surface area contributed by atoms with Crippen molar-refractivity contribution in [2.24, 2.45) is 11.3 Å². The molecule has 0 radical (unpaired) electrons. The number of likely N-dealkylation sites (N-methyl/N-ethyl adjacent to an activating group) is 2. The zero-order chi connectivity index (χ0) is 52.9.